The number of hydrogen-bond acceptors (Lipinski definition) is 4. The lowest BCUT2D eigenvalue weighted by atomic mass is 10.0. The zero-order chi connectivity index (χ0) is 15.5. The third-order valence-electron chi connectivity index (χ3n) is 4.55. The van der Waals surface area contributed by atoms with Gasteiger partial charge in [-0.1, -0.05) is 26.7 Å². The SMILES string of the molecule is CC(C)Cc1nc(NCC2CCCC2)c2c(n1)C(=O)NCC2. The van der Waals surface area contributed by atoms with Gasteiger partial charge in [-0.25, -0.2) is 9.97 Å². The fraction of sp³-hybridized carbons (Fsp3) is 0.706. The van der Waals surface area contributed by atoms with Crippen LogP contribution < -0.4 is 10.6 Å². The maximum atomic E-state index is 12.1. The van der Waals surface area contributed by atoms with Crippen molar-refractivity contribution in [3.63, 3.8) is 0 Å². The van der Waals surface area contributed by atoms with Crippen LogP contribution in [0.3, 0.4) is 0 Å². The Morgan fingerprint density at radius 3 is 2.77 bits per heavy atom. The van der Waals surface area contributed by atoms with Crippen molar-refractivity contribution < 1.29 is 4.79 Å². The van der Waals surface area contributed by atoms with E-state index in [2.05, 4.69) is 29.5 Å². The topological polar surface area (TPSA) is 66.9 Å². The number of carbonyl (C=O) groups is 1. The van der Waals surface area contributed by atoms with E-state index in [0.29, 0.717) is 18.2 Å². The third-order valence-corrected chi connectivity index (χ3v) is 4.55. The fourth-order valence-electron chi connectivity index (χ4n) is 3.40. The van der Waals surface area contributed by atoms with E-state index in [9.17, 15) is 4.79 Å². The molecule has 0 spiro atoms. The molecule has 3 rings (SSSR count). The number of aromatic nitrogens is 2. The van der Waals surface area contributed by atoms with Gasteiger partial charge in [0.05, 0.1) is 0 Å². The maximum absolute atomic E-state index is 12.1. The molecule has 1 fully saturated rings. The Morgan fingerprint density at radius 1 is 1.27 bits per heavy atom. The van der Waals surface area contributed by atoms with Gasteiger partial charge < -0.3 is 10.6 Å². The second-order valence-electron chi connectivity index (χ2n) is 6.95. The Hall–Kier alpha value is -1.65. The van der Waals surface area contributed by atoms with E-state index in [-0.39, 0.29) is 5.91 Å². The monoisotopic (exact) mass is 302 g/mol. The molecule has 0 unspecified atom stereocenters. The average Bonchev–Trinajstić information content (AvgIpc) is 2.98. The van der Waals surface area contributed by atoms with Crippen molar-refractivity contribution in [1.82, 2.24) is 15.3 Å². The van der Waals surface area contributed by atoms with Crippen LogP contribution in [0.4, 0.5) is 5.82 Å². The Bertz CT molecular complexity index is 550. The van der Waals surface area contributed by atoms with Crippen molar-refractivity contribution >= 4 is 11.7 Å². The van der Waals surface area contributed by atoms with Gasteiger partial charge in [0.15, 0.2) is 0 Å². The van der Waals surface area contributed by atoms with Gasteiger partial charge >= 0.3 is 0 Å². The van der Waals surface area contributed by atoms with Crippen molar-refractivity contribution in [2.24, 2.45) is 11.8 Å². The van der Waals surface area contributed by atoms with Crippen LogP contribution in [0.1, 0.15) is 61.4 Å². The Labute approximate surface area is 132 Å². The molecule has 1 aromatic heterocycles. The van der Waals surface area contributed by atoms with Crippen LogP contribution in [-0.4, -0.2) is 29.0 Å². The first-order chi connectivity index (χ1) is 10.6. The number of amides is 1. The predicted molar refractivity (Wildman–Crippen MR) is 87.1 cm³/mol. The summed E-state index contributed by atoms with van der Waals surface area (Å²) >= 11 is 0. The summed E-state index contributed by atoms with van der Waals surface area (Å²) in [6.45, 7) is 5.94. The molecule has 0 saturated heterocycles. The smallest absolute Gasteiger partial charge is 0.270 e. The molecule has 2 aliphatic rings. The largest absolute Gasteiger partial charge is 0.369 e. The first-order valence-electron chi connectivity index (χ1n) is 8.55. The van der Waals surface area contributed by atoms with Crippen LogP contribution in [0.5, 0.6) is 0 Å². The minimum absolute atomic E-state index is 0.0578. The summed E-state index contributed by atoms with van der Waals surface area (Å²) in [5.41, 5.74) is 1.57. The van der Waals surface area contributed by atoms with Crippen molar-refractivity contribution in [3.8, 4) is 0 Å². The van der Waals surface area contributed by atoms with E-state index in [1.807, 2.05) is 0 Å². The highest BCUT2D eigenvalue weighted by Gasteiger charge is 2.24. The quantitative estimate of drug-likeness (QED) is 0.877. The molecule has 1 amide bonds. The highest BCUT2D eigenvalue weighted by molar-refractivity contribution is 5.95. The summed E-state index contributed by atoms with van der Waals surface area (Å²) < 4.78 is 0. The first kappa shape index (κ1) is 15.3. The molecule has 2 N–H and O–H groups in total. The lowest BCUT2D eigenvalue weighted by Gasteiger charge is -2.21. The van der Waals surface area contributed by atoms with E-state index < -0.39 is 0 Å². The number of hydrogen-bond donors (Lipinski definition) is 2. The highest BCUT2D eigenvalue weighted by Crippen LogP contribution is 2.26. The summed E-state index contributed by atoms with van der Waals surface area (Å²) in [5, 5.41) is 6.40. The molecule has 1 aliphatic carbocycles. The minimum Gasteiger partial charge on any atom is -0.369 e. The molecule has 1 aromatic rings. The number of nitrogens with one attached hydrogen (secondary N) is 2. The minimum atomic E-state index is -0.0578. The molecule has 0 aromatic carbocycles. The highest BCUT2D eigenvalue weighted by atomic mass is 16.1. The lowest BCUT2D eigenvalue weighted by Crippen LogP contribution is -2.34. The van der Waals surface area contributed by atoms with Crippen LogP contribution >= 0.6 is 0 Å². The van der Waals surface area contributed by atoms with E-state index in [4.69, 9.17) is 4.98 Å². The number of carbonyl (C=O) groups excluding carboxylic acids is 1. The Morgan fingerprint density at radius 2 is 2.05 bits per heavy atom. The summed E-state index contributed by atoms with van der Waals surface area (Å²) in [6, 6.07) is 0. The molecule has 1 saturated carbocycles. The molecule has 5 nitrogen and oxygen atoms in total. The van der Waals surface area contributed by atoms with Crippen LogP contribution in [0.15, 0.2) is 0 Å². The van der Waals surface area contributed by atoms with E-state index >= 15 is 0 Å². The summed E-state index contributed by atoms with van der Waals surface area (Å²) in [6.07, 6.45) is 6.92. The zero-order valence-electron chi connectivity index (χ0n) is 13.6. The molecule has 2 heterocycles. The van der Waals surface area contributed by atoms with Gasteiger partial charge in [0, 0.05) is 25.1 Å². The van der Waals surface area contributed by atoms with Crippen molar-refractivity contribution in [1.29, 1.82) is 0 Å². The standard InChI is InChI=1S/C17H26N4O/c1-11(2)9-14-20-15-13(7-8-18-17(15)22)16(21-14)19-10-12-5-3-4-6-12/h11-12H,3-10H2,1-2H3,(H,18,22)(H,19,20,21). The first-order valence-corrected chi connectivity index (χ1v) is 8.55. The van der Waals surface area contributed by atoms with Crippen LogP contribution in [0.25, 0.3) is 0 Å². The van der Waals surface area contributed by atoms with E-state index in [1.54, 1.807) is 0 Å². The number of fused-ring (bicyclic) bond motifs is 1. The van der Waals surface area contributed by atoms with Crippen LogP contribution in [-0.2, 0) is 12.8 Å². The third kappa shape index (κ3) is 3.39. The van der Waals surface area contributed by atoms with Crippen LogP contribution in [0, 0.1) is 11.8 Å². The number of nitrogens with zero attached hydrogens (tertiary/aromatic N) is 2. The summed E-state index contributed by atoms with van der Waals surface area (Å²) in [4.78, 5) is 21.3. The second kappa shape index (κ2) is 6.63. The van der Waals surface area contributed by atoms with Gasteiger partial charge in [0.1, 0.15) is 17.3 Å². The molecule has 22 heavy (non-hydrogen) atoms. The summed E-state index contributed by atoms with van der Waals surface area (Å²) in [7, 11) is 0. The maximum Gasteiger partial charge on any atom is 0.270 e. The molecule has 0 bridgehead atoms. The van der Waals surface area contributed by atoms with Crippen molar-refractivity contribution in [2.75, 3.05) is 18.4 Å². The molecular formula is C17H26N4O. The second-order valence-corrected chi connectivity index (χ2v) is 6.95. The number of anilines is 1. The zero-order valence-corrected chi connectivity index (χ0v) is 13.6. The number of rotatable bonds is 5. The van der Waals surface area contributed by atoms with Gasteiger partial charge in [-0.05, 0) is 31.1 Å². The molecule has 5 heteroatoms. The molecule has 120 valence electrons. The van der Waals surface area contributed by atoms with Gasteiger partial charge in [0.2, 0.25) is 0 Å². The van der Waals surface area contributed by atoms with Gasteiger partial charge in [-0.15, -0.1) is 0 Å². The van der Waals surface area contributed by atoms with Crippen LogP contribution in [0.2, 0.25) is 0 Å². The van der Waals surface area contributed by atoms with Gasteiger partial charge in [-0.2, -0.15) is 0 Å². The van der Waals surface area contributed by atoms with E-state index in [0.717, 1.165) is 42.5 Å². The molecule has 0 atom stereocenters. The molecule has 1 aliphatic heterocycles. The Balaban J connectivity index is 1.84. The van der Waals surface area contributed by atoms with Crippen molar-refractivity contribution in [3.05, 3.63) is 17.1 Å². The fourth-order valence-corrected chi connectivity index (χ4v) is 3.40. The predicted octanol–water partition coefficient (Wildman–Crippen LogP) is 2.56. The lowest BCUT2D eigenvalue weighted by molar-refractivity contribution is 0.0940. The molecular weight excluding hydrogens is 276 g/mol. The summed E-state index contributed by atoms with van der Waals surface area (Å²) in [5.74, 6) is 2.84. The Kier molecular flexibility index (Phi) is 4.60. The normalized spacial score (nSPS) is 18.4. The van der Waals surface area contributed by atoms with Crippen molar-refractivity contribution in [2.45, 2.75) is 52.4 Å². The average molecular weight is 302 g/mol. The van der Waals surface area contributed by atoms with E-state index in [1.165, 1.54) is 25.7 Å². The molecule has 0 radical (unpaired) electrons. The van der Waals surface area contributed by atoms with Gasteiger partial charge in [-0.3, -0.25) is 4.79 Å². The van der Waals surface area contributed by atoms with Gasteiger partial charge in [0.25, 0.3) is 5.91 Å².